The molecule has 0 fully saturated rings. The normalized spacial score (nSPS) is 12.0. The smallest absolute Gasteiger partial charge is 0.112 e. The molecule has 7 heteroatoms. The van der Waals surface area contributed by atoms with E-state index in [4.69, 9.17) is 0 Å². The van der Waals surface area contributed by atoms with Gasteiger partial charge in [-0.15, -0.1) is 0 Å². The molecule has 0 unspecified atom stereocenters. The highest BCUT2D eigenvalue weighted by Gasteiger charge is 2.12. The Labute approximate surface area is 124 Å². The molecule has 0 radical (unpaired) electrons. The Balaban J connectivity index is 2.35. The molecule has 0 N–H and O–H groups in total. The van der Waals surface area contributed by atoms with Crippen LogP contribution >= 0.6 is 0 Å². The summed E-state index contributed by atoms with van der Waals surface area (Å²) >= 11 is 0. The van der Waals surface area contributed by atoms with Gasteiger partial charge in [-0.05, 0) is 29.8 Å². The fourth-order valence-electron chi connectivity index (χ4n) is 1.58. The first-order valence-electron chi connectivity index (χ1n) is 5.87. The topological polar surface area (TPSA) is 82.4 Å². The first-order chi connectivity index (χ1) is 9.85. The minimum atomic E-state index is -4.29. The Bertz CT molecular complexity index is 840. The Kier molecular flexibility index (Phi) is 4.26. The molecule has 0 amide bonds. The SMILES string of the molecule is C=Cc1ccc(S(=O)(=O)[N-]S(=O)(=O)c2ccccc2)cc1. The average Bonchev–Trinajstić information content (AvgIpc) is 2.47. The van der Waals surface area contributed by atoms with E-state index in [2.05, 4.69) is 10.7 Å². The second-order valence-corrected chi connectivity index (χ2v) is 7.55. The summed E-state index contributed by atoms with van der Waals surface area (Å²) in [5, 5.41) is 0. The van der Waals surface area contributed by atoms with E-state index in [1.54, 1.807) is 12.1 Å². The first-order valence-corrected chi connectivity index (χ1v) is 8.75. The van der Waals surface area contributed by atoms with Crippen LogP contribution in [0.5, 0.6) is 0 Å². The van der Waals surface area contributed by atoms with Gasteiger partial charge in [-0.1, -0.05) is 43.0 Å². The molecule has 0 spiro atoms. The molecule has 0 aromatic heterocycles. The zero-order valence-electron chi connectivity index (χ0n) is 10.9. The first kappa shape index (κ1) is 15.4. The minimum absolute atomic E-state index is 0.170. The maximum atomic E-state index is 12.0. The fraction of sp³-hybridized carbons (Fsp3) is 0. The standard InChI is InChI=1S/C14H12NO4S2/c1-2-12-8-10-14(11-9-12)21(18,19)15-20(16,17)13-6-4-3-5-7-13/h2-11H,1H2/q-1. The summed E-state index contributed by atoms with van der Waals surface area (Å²) in [5.74, 6) is 0. The summed E-state index contributed by atoms with van der Waals surface area (Å²) in [4.78, 5) is -0.358. The van der Waals surface area contributed by atoms with Crippen molar-refractivity contribution in [2.24, 2.45) is 0 Å². The predicted molar refractivity (Wildman–Crippen MR) is 80.7 cm³/mol. The van der Waals surface area contributed by atoms with Crippen LogP contribution in [0.15, 0.2) is 71.0 Å². The van der Waals surface area contributed by atoms with Crippen LogP contribution in [0.3, 0.4) is 0 Å². The Morgan fingerprint density at radius 2 is 1.24 bits per heavy atom. The van der Waals surface area contributed by atoms with Crippen molar-refractivity contribution in [1.29, 1.82) is 0 Å². The zero-order chi connectivity index (χ0) is 15.5. The van der Waals surface area contributed by atoms with Crippen molar-refractivity contribution in [3.05, 3.63) is 70.9 Å². The van der Waals surface area contributed by atoms with Crippen LogP contribution in [0.25, 0.3) is 10.2 Å². The van der Waals surface area contributed by atoms with E-state index < -0.39 is 20.0 Å². The molecule has 0 bridgehead atoms. The van der Waals surface area contributed by atoms with Gasteiger partial charge in [0.2, 0.25) is 0 Å². The maximum Gasteiger partial charge on any atom is 0.112 e. The van der Waals surface area contributed by atoms with Crippen LogP contribution in [-0.2, 0) is 20.0 Å². The molecule has 0 aliphatic heterocycles. The molecule has 2 aromatic rings. The summed E-state index contributed by atoms with van der Waals surface area (Å²) in [6.07, 6.45) is 1.55. The van der Waals surface area contributed by atoms with Crippen LogP contribution < -0.4 is 0 Å². The zero-order valence-corrected chi connectivity index (χ0v) is 12.5. The summed E-state index contributed by atoms with van der Waals surface area (Å²) in [5.41, 5.74) is 0.722. The van der Waals surface area contributed by atoms with Crippen molar-refractivity contribution < 1.29 is 16.8 Å². The van der Waals surface area contributed by atoms with Gasteiger partial charge in [0.1, 0.15) is 20.0 Å². The Hall–Kier alpha value is -1.96. The van der Waals surface area contributed by atoms with Gasteiger partial charge >= 0.3 is 0 Å². The van der Waals surface area contributed by atoms with E-state index in [1.165, 1.54) is 48.5 Å². The van der Waals surface area contributed by atoms with Gasteiger partial charge in [0, 0.05) is 9.79 Å². The van der Waals surface area contributed by atoms with Crippen molar-refractivity contribution in [2.45, 2.75) is 9.79 Å². The molecule has 0 aliphatic carbocycles. The lowest BCUT2D eigenvalue weighted by Crippen LogP contribution is -2.08. The lowest BCUT2D eigenvalue weighted by Gasteiger charge is -2.20. The molecule has 2 aromatic carbocycles. The highest BCUT2D eigenvalue weighted by molar-refractivity contribution is 8.12. The monoisotopic (exact) mass is 322 g/mol. The number of hydrogen-bond acceptors (Lipinski definition) is 4. The van der Waals surface area contributed by atoms with E-state index in [0.29, 0.717) is 0 Å². The molecule has 21 heavy (non-hydrogen) atoms. The van der Waals surface area contributed by atoms with Gasteiger partial charge in [0.05, 0.1) is 0 Å². The highest BCUT2D eigenvalue weighted by Crippen LogP contribution is 2.25. The molecule has 110 valence electrons. The van der Waals surface area contributed by atoms with E-state index >= 15 is 0 Å². The fourth-order valence-corrected chi connectivity index (χ4v) is 4.29. The quantitative estimate of drug-likeness (QED) is 0.847. The van der Waals surface area contributed by atoms with Gasteiger partial charge in [-0.25, -0.2) is 16.8 Å². The maximum absolute atomic E-state index is 12.0. The Morgan fingerprint density at radius 1 is 0.762 bits per heavy atom. The van der Waals surface area contributed by atoms with Crippen molar-refractivity contribution >= 4 is 26.1 Å². The third-order valence-corrected chi connectivity index (χ3v) is 5.96. The van der Waals surface area contributed by atoms with Gasteiger partial charge in [0.25, 0.3) is 0 Å². The molecule has 0 saturated heterocycles. The summed E-state index contributed by atoms with van der Waals surface area (Å²) in [6.45, 7) is 3.55. The van der Waals surface area contributed by atoms with Crippen molar-refractivity contribution in [1.82, 2.24) is 0 Å². The van der Waals surface area contributed by atoms with Crippen LogP contribution in [0, 0.1) is 0 Å². The van der Waals surface area contributed by atoms with E-state index in [-0.39, 0.29) is 9.79 Å². The third kappa shape index (κ3) is 3.57. The Morgan fingerprint density at radius 3 is 1.71 bits per heavy atom. The second-order valence-electron chi connectivity index (χ2n) is 4.11. The molecule has 0 heterocycles. The number of hydrogen-bond donors (Lipinski definition) is 0. The minimum Gasteiger partial charge on any atom is -0.428 e. The van der Waals surface area contributed by atoms with Gasteiger partial charge in [0.15, 0.2) is 0 Å². The lowest BCUT2D eigenvalue weighted by atomic mass is 10.2. The van der Waals surface area contributed by atoms with Gasteiger partial charge in [-0.3, -0.25) is 0 Å². The molecular formula is C14H12NO4S2-. The molecule has 0 atom stereocenters. The van der Waals surface area contributed by atoms with E-state index in [0.717, 1.165) is 5.56 Å². The van der Waals surface area contributed by atoms with E-state index in [9.17, 15) is 16.8 Å². The van der Waals surface area contributed by atoms with Gasteiger partial charge < -0.3 is 4.13 Å². The summed E-state index contributed by atoms with van der Waals surface area (Å²) in [6, 6.07) is 12.8. The molecule has 2 rings (SSSR count). The summed E-state index contributed by atoms with van der Waals surface area (Å²) in [7, 11) is -8.55. The molecule has 0 aliphatic rings. The van der Waals surface area contributed by atoms with E-state index in [1.807, 2.05) is 0 Å². The lowest BCUT2D eigenvalue weighted by molar-refractivity contribution is 0.595. The number of nitrogens with zero attached hydrogens (tertiary/aromatic N) is 1. The second kappa shape index (κ2) is 5.80. The molecule has 0 saturated carbocycles. The molecular weight excluding hydrogens is 310 g/mol. The van der Waals surface area contributed by atoms with Crippen LogP contribution in [0.4, 0.5) is 0 Å². The summed E-state index contributed by atoms with van der Waals surface area (Å²) < 4.78 is 51.1. The molecule has 5 nitrogen and oxygen atoms in total. The average molecular weight is 322 g/mol. The van der Waals surface area contributed by atoms with Crippen molar-refractivity contribution in [2.75, 3.05) is 0 Å². The van der Waals surface area contributed by atoms with Crippen LogP contribution in [-0.4, -0.2) is 16.8 Å². The van der Waals surface area contributed by atoms with Crippen LogP contribution in [0.2, 0.25) is 0 Å². The largest absolute Gasteiger partial charge is 0.428 e. The number of benzene rings is 2. The predicted octanol–water partition coefficient (Wildman–Crippen LogP) is 2.78. The number of sulfonamides is 2. The number of rotatable bonds is 5. The van der Waals surface area contributed by atoms with Gasteiger partial charge in [-0.2, -0.15) is 0 Å². The third-order valence-electron chi connectivity index (χ3n) is 2.65. The van der Waals surface area contributed by atoms with Crippen LogP contribution in [0.1, 0.15) is 5.56 Å². The van der Waals surface area contributed by atoms with Crippen molar-refractivity contribution in [3.63, 3.8) is 0 Å². The highest BCUT2D eigenvalue weighted by atomic mass is 32.3. The van der Waals surface area contributed by atoms with Crippen molar-refractivity contribution in [3.8, 4) is 0 Å².